The number of carbonyl (C=O) groups excluding carboxylic acids is 5. The van der Waals surface area contributed by atoms with Crippen LogP contribution in [-0.4, -0.2) is 92.8 Å². The molecule has 186 valence electrons. The molecule has 0 unspecified atom stereocenters. The first-order valence-corrected chi connectivity index (χ1v) is 10.8. The van der Waals surface area contributed by atoms with Crippen LogP contribution < -0.4 is 16.0 Å². The Morgan fingerprint density at radius 3 is 1.97 bits per heavy atom. The van der Waals surface area contributed by atoms with Crippen LogP contribution in [0.3, 0.4) is 0 Å². The molecule has 0 atom stereocenters. The number of nitrogens with zero attached hydrogens (tertiary/aromatic N) is 1. The number of rotatable bonds is 15. The minimum absolute atomic E-state index is 0.0283. The first-order valence-electron chi connectivity index (χ1n) is 10.8. The summed E-state index contributed by atoms with van der Waals surface area (Å²) in [5, 5.41) is 7.90. The lowest BCUT2D eigenvalue weighted by Gasteiger charge is -2.19. The zero-order valence-corrected chi connectivity index (χ0v) is 19.4. The predicted octanol–water partition coefficient (Wildman–Crippen LogP) is -0.518. The second-order valence-electron chi connectivity index (χ2n) is 8.10. The summed E-state index contributed by atoms with van der Waals surface area (Å²) >= 11 is 0. The Morgan fingerprint density at radius 2 is 1.36 bits per heavy atom. The van der Waals surface area contributed by atoms with Crippen LogP contribution >= 0.6 is 0 Å². The summed E-state index contributed by atoms with van der Waals surface area (Å²) in [5.41, 5.74) is -0.383. The molecule has 12 heteroatoms. The molecular formula is C21H34N4O8. The van der Waals surface area contributed by atoms with Gasteiger partial charge in [0.2, 0.25) is 11.8 Å². The molecule has 1 rings (SSSR count). The molecule has 0 aromatic rings. The van der Waals surface area contributed by atoms with Gasteiger partial charge < -0.3 is 30.2 Å². The maximum atomic E-state index is 11.7. The fourth-order valence-corrected chi connectivity index (χ4v) is 2.47. The lowest BCUT2D eigenvalue weighted by molar-refractivity contribution is -0.137. The molecule has 12 nitrogen and oxygen atoms in total. The first kappa shape index (κ1) is 28.0. The van der Waals surface area contributed by atoms with Gasteiger partial charge in [0.15, 0.2) is 0 Å². The molecule has 1 heterocycles. The second-order valence-corrected chi connectivity index (χ2v) is 8.10. The van der Waals surface area contributed by atoms with E-state index in [9.17, 15) is 24.0 Å². The molecule has 33 heavy (non-hydrogen) atoms. The highest BCUT2D eigenvalue weighted by Crippen LogP contribution is 2.04. The van der Waals surface area contributed by atoms with E-state index in [0.717, 1.165) is 4.90 Å². The summed E-state index contributed by atoms with van der Waals surface area (Å²) < 4.78 is 15.6. The molecule has 3 N–H and O–H groups in total. The second kappa shape index (κ2) is 15.0. The average Bonchev–Trinajstić information content (AvgIpc) is 3.04. The van der Waals surface area contributed by atoms with Gasteiger partial charge >= 0.3 is 6.09 Å². The molecule has 5 amide bonds. The number of nitrogens with one attached hydrogen (secondary N) is 3. The van der Waals surface area contributed by atoms with Gasteiger partial charge in [0, 0.05) is 43.6 Å². The Kier molecular flexibility index (Phi) is 12.7. The van der Waals surface area contributed by atoms with E-state index < -0.39 is 17.9 Å². The molecule has 0 fully saturated rings. The highest BCUT2D eigenvalue weighted by molar-refractivity contribution is 6.13. The number of hydrogen-bond donors (Lipinski definition) is 3. The van der Waals surface area contributed by atoms with Gasteiger partial charge in [0.1, 0.15) is 6.61 Å². The van der Waals surface area contributed by atoms with Gasteiger partial charge in [-0.15, -0.1) is 0 Å². The number of amides is 5. The normalized spacial score (nSPS) is 13.2. The number of alkyl carbamates (subject to hydrolysis) is 1. The zero-order valence-electron chi connectivity index (χ0n) is 19.4. The molecule has 1 aliphatic rings. The first-order chi connectivity index (χ1) is 15.6. The van der Waals surface area contributed by atoms with Gasteiger partial charge in [-0.05, 0) is 20.8 Å². The third-order valence-electron chi connectivity index (χ3n) is 4.01. The van der Waals surface area contributed by atoms with Crippen LogP contribution in [0, 0.1) is 0 Å². The SMILES string of the molecule is CC(C)(C)NC(=O)OCCNC(=O)CCOCCOCCNC(=O)CCN1C(=O)C=CC1=O. The minimum atomic E-state index is -0.535. The van der Waals surface area contributed by atoms with Crippen LogP contribution in [0.2, 0.25) is 0 Å². The largest absolute Gasteiger partial charge is 0.448 e. The summed E-state index contributed by atoms with van der Waals surface area (Å²) in [4.78, 5) is 58.6. The van der Waals surface area contributed by atoms with E-state index in [-0.39, 0.29) is 69.6 Å². The van der Waals surface area contributed by atoms with Gasteiger partial charge in [0.05, 0.1) is 33.0 Å². The Balaban J connectivity index is 1.89. The van der Waals surface area contributed by atoms with Crippen molar-refractivity contribution in [3.05, 3.63) is 12.2 Å². The number of imide groups is 1. The highest BCUT2D eigenvalue weighted by Gasteiger charge is 2.23. The van der Waals surface area contributed by atoms with Gasteiger partial charge in [-0.3, -0.25) is 24.1 Å². The van der Waals surface area contributed by atoms with Crippen molar-refractivity contribution in [2.45, 2.75) is 39.2 Å². The van der Waals surface area contributed by atoms with Crippen LogP contribution in [0.1, 0.15) is 33.6 Å². The number of hydrogen-bond acceptors (Lipinski definition) is 8. The third kappa shape index (κ3) is 13.9. The van der Waals surface area contributed by atoms with Crippen molar-refractivity contribution >= 4 is 29.7 Å². The molecule has 1 aliphatic heterocycles. The molecule has 0 aliphatic carbocycles. The average molecular weight is 471 g/mol. The smallest absolute Gasteiger partial charge is 0.407 e. The van der Waals surface area contributed by atoms with Crippen LogP contribution in [0.5, 0.6) is 0 Å². The molecule has 0 aromatic carbocycles. The Labute approximate surface area is 193 Å². The zero-order chi connectivity index (χ0) is 24.7. The van der Waals surface area contributed by atoms with Crippen molar-refractivity contribution in [2.24, 2.45) is 0 Å². The van der Waals surface area contributed by atoms with Gasteiger partial charge in [-0.25, -0.2) is 4.79 Å². The summed E-state index contributed by atoms with van der Waals surface area (Å²) in [5.74, 6) is -1.33. The van der Waals surface area contributed by atoms with Gasteiger partial charge in [-0.2, -0.15) is 0 Å². The van der Waals surface area contributed by atoms with E-state index in [0.29, 0.717) is 13.2 Å². The monoisotopic (exact) mass is 470 g/mol. The molecule has 0 radical (unpaired) electrons. The van der Waals surface area contributed by atoms with Crippen molar-refractivity contribution in [2.75, 3.05) is 52.7 Å². The molecule has 0 saturated heterocycles. The van der Waals surface area contributed by atoms with Gasteiger partial charge in [-0.1, -0.05) is 0 Å². The van der Waals surface area contributed by atoms with E-state index in [2.05, 4.69) is 16.0 Å². The fraction of sp³-hybridized carbons (Fsp3) is 0.667. The van der Waals surface area contributed by atoms with E-state index >= 15 is 0 Å². The van der Waals surface area contributed by atoms with Gasteiger partial charge in [0.25, 0.3) is 11.8 Å². The van der Waals surface area contributed by atoms with Crippen LogP contribution in [-0.2, 0) is 33.4 Å². The lowest BCUT2D eigenvalue weighted by atomic mass is 10.1. The Morgan fingerprint density at radius 1 is 0.818 bits per heavy atom. The third-order valence-corrected chi connectivity index (χ3v) is 4.01. The van der Waals surface area contributed by atoms with E-state index in [1.807, 2.05) is 20.8 Å². The molecular weight excluding hydrogens is 436 g/mol. The lowest BCUT2D eigenvalue weighted by Crippen LogP contribution is -2.41. The molecule has 0 saturated carbocycles. The topological polar surface area (TPSA) is 152 Å². The van der Waals surface area contributed by atoms with E-state index in [4.69, 9.17) is 14.2 Å². The summed E-state index contributed by atoms with van der Waals surface area (Å²) in [7, 11) is 0. The Hall–Kier alpha value is -2.99. The fourth-order valence-electron chi connectivity index (χ4n) is 2.47. The van der Waals surface area contributed by atoms with Crippen molar-refractivity contribution in [3.63, 3.8) is 0 Å². The van der Waals surface area contributed by atoms with Crippen molar-refractivity contribution in [3.8, 4) is 0 Å². The molecule has 0 bridgehead atoms. The summed E-state index contributed by atoms with van der Waals surface area (Å²) in [6.07, 6.45) is 2.01. The van der Waals surface area contributed by atoms with Crippen molar-refractivity contribution < 1.29 is 38.2 Å². The standard InChI is InChI=1S/C21H34N4O8/c1-21(2,3)24-20(30)33-13-9-23-17(27)7-11-31-14-15-32-12-8-22-16(26)6-10-25-18(28)4-5-19(25)29/h4-5H,6-15H2,1-3H3,(H,22,26)(H,23,27)(H,24,30). The van der Waals surface area contributed by atoms with Crippen molar-refractivity contribution in [1.82, 2.24) is 20.9 Å². The minimum Gasteiger partial charge on any atom is -0.448 e. The maximum Gasteiger partial charge on any atom is 0.407 e. The molecule has 0 spiro atoms. The van der Waals surface area contributed by atoms with Crippen LogP contribution in [0.15, 0.2) is 12.2 Å². The summed E-state index contributed by atoms with van der Waals surface area (Å²) in [6.45, 7) is 7.23. The quantitative estimate of drug-likeness (QED) is 0.214. The van der Waals surface area contributed by atoms with Crippen LogP contribution in [0.4, 0.5) is 4.79 Å². The van der Waals surface area contributed by atoms with Crippen molar-refractivity contribution in [1.29, 1.82) is 0 Å². The Bertz CT molecular complexity index is 700. The highest BCUT2D eigenvalue weighted by atomic mass is 16.5. The van der Waals surface area contributed by atoms with E-state index in [1.165, 1.54) is 12.2 Å². The molecule has 0 aromatic heterocycles. The number of ether oxygens (including phenoxy) is 3. The van der Waals surface area contributed by atoms with Crippen LogP contribution in [0.25, 0.3) is 0 Å². The predicted molar refractivity (Wildman–Crippen MR) is 117 cm³/mol. The maximum absolute atomic E-state index is 11.7. The van der Waals surface area contributed by atoms with E-state index in [1.54, 1.807) is 0 Å². The summed E-state index contributed by atoms with van der Waals surface area (Å²) in [6, 6.07) is 0. The number of carbonyl (C=O) groups is 5.